The van der Waals surface area contributed by atoms with E-state index >= 15 is 0 Å². The molecule has 1 aromatic rings. The molecule has 0 saturated heterocycles. The van der Waals surface area contributed by atoms with Crippen LogP contribution in [0.15, 0.2) is 29.3 Å². The molecule has 18 heteroatoms. The summed E-state index contributed by atoms with van der Waals surface area (Å²) in [5.41, 5.74) is 21.9. The fourth-order valence-electron chi connectivity index (χ4n) is 4.08. The highest BCUT2D eigenvalue weighted by molar-refractivity contribution is 5.95. The van der Waals surface area contributed by atoms with Crippen molar-refractivity contribution >= 4 is 41.5 Å². The number of carboxylic acids is 1. The number of aliphatic hydroxyl groups is 1. The zero-order chi connectivity index (χ0) is 35.0. The molecule has 0 aliphatic rings. The first-order valence-corrected chi connectivity index (χ1v) is 14.5. The van der Waals surface area contributed by atoms with Crippen molar-refractivity contribution < 1.29 is 44.1 Å². The number of rotatable bonds is 20. The average molecular weight is 652 g/mol. The number of carbonyl (C=O) groups excluding carboxylic acids is 5. The van der Waals surface area contributed by atoms with Crippen LogP contribution in [0.25, 0.3) is 0 Å². The zero-order valence-electron chi connectivity index (χ0n) is 25.8. The summed E-state index contributed by atoms with van der Waals surface area (Å²) in [7, 11) is 0. The van der Waals surface area contributed by atoms with E-state index in [4.69, 9.17) is 22.9 Å². The van der Waals surface area contributed by atoms with E-state index in [1.807, 2.05) is 0 Å². The van der Waals surface area contributed by atoms with Gasteiger partial charge < -0.3 is 59.5 Å². The summed E-state index contributed by atoms with van der Waals surface area (Å²) in [5.74, 6) is -6.24. The zero-order valence-corrected chi connectivity index (χ0v) is 25.8. The number of amides is 5. The predicted molar refractivity (Wildman–Crippen MR) is 165 cm³/mol. The van der Waals surface area contributed by atoms with Crippen molar-refractivity contribution in [2.45, 2.75) is 76.2 Å². The number of primary amides is 1. The molecule has 0 bridgehead atoms. The minimum absolute atomic E-state index is 0.0129. The number of aromatic hydroxyl groups is 1. The first kappa shape index (κ1) is 39.1. The predicted octanol–water partition coefficient (Wildman–Crippen LogP) is -3.75. The van der Waals surface area contributed by atoms with E-state index in [2.05, 4.69) is 26.3 Å². The van der Waals surface area contributed by atoms with Crippen LogP contribution in [0, 0.1) is 5.92 Å². The van der Waals surface area contributed by atoms with Gasteiger partial charge in [-0.2, -0.15) is 0 Å². The second-order valence-corrected chi connectivity index (χ2v) is 10.9. The molecule has 0 heterocycles. The largest absolute Gasteiger partial charge is 0.508 e. The second-order valence-electron chi connectivity index (χ2n) is 10.9. The Kier molecular flexibility index (Phi) is 16.5. The Morgan fingerprint density at radius 3 is 1.89 bits per heavy atom. The Morgan fingerprint density at radius 2 is 1.37 bits per heavy atom. The fraction of sp³-hybridized carbons (Fsp3) is 0.536. The smallest absolute Gasteiger partial charge is 0.326 e. The lowest BCUT2D eigenvalue weighted by Crippen LogP contribution is -2.60. The summed E-state index contributed by atoms with van der Waals surface area (Å²) in [5, 5.41) is 38.3. The molecular weight excluding hydrogens is 606 g/mol. The van der Waals surface area contributed by atoms with E-state index in [9.17, 15) is 44.1 Å². The van der Waals surface area contributed by atoms with Gasteiger partial charge in [-0.3, -0.25) is 29.0 Å². The molecule has 0 aliphatic carbocycles. The summed E-state index contributed by atoms with van der Waals surface area (Å²) in [6.07, 6.45) is -0.450. The Bertz CT molecular complexity index is 1240. The van der Waals surface area contributed by atoms with Crippen LogP contribution in [-0.2, 0) is 35.2 Å². The SMILES string of the molecule is CC(C)[C@H](NC(=O)[C@H](Cc1ccc(O)cc1)NC(=O)[C@H](CCCN=C(N)N)NC(=O)[C@@H](N)CO)C(=O)N[C@@H](CCC(N)=O)C(=O)O. The average Bonchev–Trinajstić information content (AvgIpc) is 2.98. The number of nitrogens with two attached hydrogens (primary N) is 4. The minimum Gasteiger partial charge on any atom is -0.508 e. The Hall–Kier alpha value is -4.97. The van der Waals surface area contributed by atoms with Crippen LogP contribution in [0.1, 0.15) is 45.1 Å². The molecule has 256 valence electrons. The van der Waals surface area contributed by atoms with Gasteiger partial charge in [0.05, 0.1) is 6.61 Å². The Labute approximate surface area is 265 Å². The number of guanidine groups is 1. The normalized spacial score (nSPS) is 14.1. The highest BCUT2D eigenvalue weighted by atomic mass is 16.4. The number of aliphatic hydroxyl groups excluding tert-OH is 1. The summed E-state index contributed by atoms with van der Waals surface area (Å²) in [6.45, 7) is 2.63. The molecular formula is C28H45N9O9. The Morgan fingerprint density at radius 1 is 0.804 bits per heavy atom. The molecule has 5 atom stereocenters. The molecule has 0 fully saturated rings. The van der Waals surface area contributed by atoms with E-state index in [0.717, 1.165) is 0 Å². The van der Waals surface area contributed by atoms with Crippen molar-refractivity contribution in [1.29, 1.82) is 0 Å². The van der Waals surface area contributed by atoms with Gasteiger partial charge in [0.1, 0.15) is 36.0 Å². The Balaban J connectivity index is 3.29. The van der Waals surface area contributed by atoms with Crippen LogP contribution in [0.5, 0.6) is 5.75 Å². The van der Waals surface area contributed by atoms with E-state index < -0.39 is 78.2 Å². The molecule has 5 amide bonds. The van der Waals surface area contributed by atoms with Crippen molar-refractivity contribution in [2.24, 2.45) is 33.8 Å². The van der Waals surface area contributed by atoms with Gasteiger partial charge in [0.25, 0.3) is 0 Å². The monoisotopic (exact) mass is 651 g/mol. The topological polar surface area (TPSA) is 328 Å². The van der Waals surface area contributed by atoms with Crippen LogP contribution < -0.4 is 44.2 Å². The molecule has 0 unspecified atom stereocenters. The van der Waals surface area contributed by atoms with Gasteiger partial charge >= 0.3 is 5.97 Å². The highest BCUT2D eigenvalue weighted by Crippen LogP contribution is 2.13. The number of aliphatic imine (C=N–C) groups is 1. The van der Waals surface area contributed by atoms with Crippen molar-refractivity contribution in [1.82, 2.24) is 21.3 Å². The third-order valence-electron chi connectivity index (χ3n) is 6.66. The summed E-state index contributed by atoms with van der Waals surface area (Å²) in [4.78, 5) is 79.3. The highest BCUT2D eigenvalue weighted by Gasteiger charge is 2.33. The maximum Gasteiger partial charge on any atom is 0.326 e. The third kappa shape index (κ3) is 14.2. The van der Waals surface area contributed by atoms with Gasteiger partial charge in [0.15, 0.2) is 5.96 Å². The maximum atomic E-state index is 13.6. The van der Waals surface area contributed by atoms with Crippen molar-refractivity contribution in [3.8, 4) is 5.75 Å². The van der Waals surface area contributed by atoms with Crippen LogP contribution in [-0.4, -0.2) is 100 Å². The quantitative estimate of drug-likeness (QED) is 0.0368. The van der Waals surface area contributed by atoms with Gasteiger partial charge in [-0.15, -0.1) is 0 Å². The number of phenols is 1. The van der Waals surface area contributed by atoms with Gasteiger partial charge in [0, 0.05) is 19.4 Å². The molecule has 0 spiro atoms. The third-order valence-corrected chi connectivity index (χ3v) is 6.66. The van der Waals surface area contributed by atoms with Crippen molar-refractivity contribution in [3.63, 3.8) is 0 Å². The first-order valence-electron chi connectivity index (χ1n) is 14.5. The standard InChI is InChI=1S/C28H45N9O9/c1-14(2)22(26(44)35-19(27(45)46)9-10-21(30)40)37-25(43)20(12-15-5-7-16(39)8-6-15)36-24(42)18(4-3-11-33-28(31)32)34-23(41)17(29)13-38/h5-8,14,17-20,22,38-39H,3-4,9-13,29H2,1-2H3,(H2,30,40)(H,34,41)(H,35,44)(H,36,42)(H,37,43)(H,45,46)(H4,31,32,33)/t17-,18-,19-,20-,22-/m0/s1. The molecule has 1 rings (SSSR count). The van der Waals surface area contributed by atoms with Crippen LogP contribution in [0.3, 0.4) is 0 Å². The number of aliphatic carboxylic acids is 1. The first-order chi connectivity index (χ1) is 21.5. The van der Waals surface area contributed by atoms with Crippen LogP contribution in [0.2, 0.25) is 0 Å². The number of nitrogens with one attached hydrogen (secondary N) is 4. The van der Waals surface area contributed by atoms with E-state index in [1.165, 1.54) is 24.3 Å². The molecule has 0 saturated carbocycles. The summed E-state index contributed by atoms with van der Waals surface area (Å²) in [6, 6.07) is -0.848. The molecule has 46 heavy (non-hydrogen) atoms. The van der Waals surface area contributed by atoms with Gasteiger partial charge in [-0.05, 0) is 42.9 Å². The summed E-state index contributed by atoms with van der Waals surface area (Å²) < 4.78 is 0. The molecule has 1 aromatic carbocycles. The van der Waals surface area contributed by atoms with Crippen LogP contribution >= 0.6 is 0 Å². The number of carboxylic acid groups (broad SMARTS) is 1. The van der Waals surface area contributed by atoms with Crippen molar-refractivity contribution in [3.05, 3.63) is 29.8 Å². The van der Waals surface area contributed by atoms with Crippen LogP contribution in [0.4, 0.5) is 0 Å². The van der Waals surface area contributed by atoms with Crippen molar-refractivity contribution in [2.75, 3.05) is 13.2 Å². The molecule has 0 radical (unpaired) electrons. The lowest BCUT2D eigenvalue weighted by molar-refractivity contribution is -0.143. The van der Waals surface area contributed by atoms with E-state index in [0.29, 0.717) is 5.56 Å². The van der Waals surface area contributed by atoms with Gasteiger partial charge in [-0.1, -0.05) is 26.0 Å². The minimum atomic E-state index is -1.46. The summed E-state index contributed by atoms with van der Waals surface area (Å²) >= 11 is 0. The molecule has 0 aromatic heterocycles. The molecule has 18 nitrogen and oxygen atoms in total. The maximum absolute atomic E-state index is 13.6. The van der Waals surface area contributed by atoms with Gasteiger partial charge in [0.2, 0.25) is 29.5 Å². The number of benzene rings is 1. The second kappa shape index (κ2) is 19.4. The number of carbonyl (C=O) groups is 6. The van der Waals surface area contributed by atoms with Gasteiger partial charge in [-0.25, -0.2) is 4.79 Å². The van der Waals surface area contributed by atoms with E-state index in [1.54, 1.807) is 13.8 Å². The number of phenolic OH excluding ortho intramolecular Hbond substituents is 1. The fourth-order valence-corrected chi connectivity index (χ4v) is 4.08. The van der Waals surface area contributed by atoms with E-state index in [-0.39, 0.29) is 50.4 Å². The lowest BCUT2D eigenvalue weighted by Gasteiger charge is -2.28. The number of nitrogens with zero attached hydrogens (tertiary/aromatic N) is 1. The lowest BCUT2D eigenvalue weighted by atomic mass is 9.99. The molecule has 0 aliphatic heterocycles. The number of hydrogen-bond donors (Lipinski definition) is 11. The number of hydrogen-bond acceptors (Lipinski definition) is 10. The molecule has 15 N–H and O–H groups in total.